The number of hydrogen-bond acceptors (Lipinski definition) is 4. The van der Waals surface area contributed by atoms with Crippen molar-refractivity contribution in [2.75, 3.05) is 5.32 Å². The van der Waals surface area contributed by atoms with Crippen LogP contribution in [0.5, 0.6) is 0 Å². The fourth-order valence-electron chi connectivity index (χ4n) is 1.54. The molecule has 0 aliphatic heterocycles. The molecule has 0 saturated heterocycles. The zero-order valence-corrected chi connectivity index (χ0v) is 10.1. The molecule has 2 N–H and O–H groups in total. The van der Waals surface area contributed by atoms with Crippen LogP contribution in [-0.4, -0.2) is 27.0 Å². The molecule has 6 heteroatoms. The van der Waals surface area contributed by atoms with Crippen LogP contribution in [0.15, 0.2) is 36.8 Å². The number of anilines is 1. The number of amides is 1. The number of carboxylic acid groups (broad SMARTS) is 1. The summed E-state index contributed by atoms with van der Waals surface area (Å²) in [5.41, 5.74) is 1.09. The predicted molar refractivity (Wildman–Crippen MR) is 68.1 cm³/mol. The van der Waals surface area contributed by atoms with Crippen LogP contribution in [0.25, 0.3) is 0 Å². The van der Waals surface area contributed by atoms with Crippen molar-refractivity contribution in [3.8, 4) is 0 Å². The van der Waals surface area contributed by atoms with E-state index < -0.39 is 11.9 Å². The Morgan fingerprint density at radius 2 is 2.05 bits per heavy atom. The van der Waals surface area contributed by atoms with Gasteiger partial charge in [0.2, 0.25) is 0 Å². The van der Waals surface area contributed by atoms with Gasteiger partial charge in [-0.3, -0.25) is 14.8 Å². The Kier molecular flexibility index (Phi) is 3.51. The standard InChI is InChI=1S/C13H11N3O3/c1-8-4-6-14-7-10(8)16-12(17)11-9(13(18)19)3-2-5-15-11/h2-7H,1H3,(H,16,17)(H,18,19). The third-order valence-corrected chi connectivity index (χ3v) is 2.54. The fourth-order valence-corrected chi connectivity index (χ4v) is 1.54. The molecule has 1 amide bonds. The molecule has 0 atom stereocenters. The highest BCUT2D eigenvalue weighted by Crippen LogP contribution is 2.14. The number of aryl methyl sites for hydroxylation is 1. The second-order valence-corrected chi connectivity index (χ2v) is 3.85. The molecule has 0 fully saturated rings. The molecule has 2 heterocycles. The number of carbonyl (C=O) groups is 2. The second kappa shape index (κ2) is 5.26. The number of hydrogen-bond donors (Lipinski definition) is 2. The highest BCUT2D eigenvalue weighted by atomic mass is 16.4. The highest BCUT2D eigenvalue weighted by Gasteiger charge is 2.18. The van der Waals surface area contributed by atoms with E-state index in [9.17, 15) is 9.59 Å². The van der Waals surface area contributed by atoms with E-state index in [1.807, 2.05) is 6.92 Å². The molecule has 2 aromatic heterocycles. The smallest absolute Gasteiger partial charge is 0.338 e. The van der Waals surface area contributed by atoms with Crippen LogP contribution >= 0.6 is 0 Å². The van der Waals surface area contributed by atoms with Gasteiger partial charge in [0.25, 0.3) is 5.91 Å². The van der Waals surface area contributed by atoms with Gasteiger partial charge in [-0.2, -0.15) is 0 Å². The summed E-state index contributed by atoms with van der Waals surface area (Å²) >= 11 is 0. The number of aromatic carboxylic acids is 1. The average Bonchev–Trinajstić information content (AvgIpc) is 2.41. The first-order chi connectivity index (χ1) is 9.09. The van der Waals surface area contributed by atoms with E-state index in [-0.39, 0.29) is 11.3 Å². The average molecular weight is 257 g/mol. The van der Waals surface area contributed by atoms with Gasteiger partial charge in [-0.25, -0.2) is 4.79 Å². The summed E-state index contributed by atoms with van der Waals surface area (Å²) in [5, 5.41) is 11.6. The number of nitrogens with zero attached hydrogens (tertiary/aromatic N) is 2. The lowest BCUT2D eigenvalue weighted by atomic mass is 10.1. The van der Waals surface area contributed by atoms with Crippen molar-refractivity contribution in [1.82, 2.24) is 9.97 Å². The summed E-state index contributed by atoms with van der Waals surface area (Å²) in [4.78, 5) is 30.8. The van der Waals surface area contributed by atoms with Gasteiger partial charge in [0, 0.05) is 12.4 Å². The first-order valence-corrected chi connectivity index (χ1v) is 5.50. The fraction of sp³-hybridized carbons (Fsp3) is 0.0769. The molecule has 0 spiro atoms. The molecule has 0 unspecified atom stereocenters. The highest BCUT2D eigenvalue weighted by molar-refractivity contribution is 6.09. The number of pyridine rings is 2. The Balaban J connectivity index is 2.31. The molecule has 96 valence electrons. The Morgan fingerprint density at radius 3 is 2.74 bits per heavy atom. The van der Waals surface area contributed by atoms with Crippen molar-refractivity contribution < 1.29 is 14.7 Å². The maximum Gasteiger partial charge on any atom is 0.338 e. The Morgan fingerprint density at radius 1 is 1.26 bits per heavy atom. The first-order valence-electron chi connectivity index (χ1n) is 5.50. The summed E-state index contributed by atoms with van der Waals surface area (Å²) in [6.45, 7) is 1.81. The second-order valence-electron chi connectivity index (χ2n) is 3.85. The van der Waals surface area contributed by atoms with Crippen LogP contribution in [0.3, 0.4) is 0 Å². The molecule has 6 nitrogen and oxygen atoms in total. The lowest BCUT2D eigenvalue weighted by Crippen LogP contribution is -2.18. The van der Waals surface area contributed by atoms with E-state index in [2.05, 4.69) is 15.3 Å². The van der Waals surface area contributed by atoms with E-state index in [4.69, 9.17) is 5.11 Å². The number of nitrogens with one attached hydrogen (secondary N) is 1. The minimum Gasteiger partial charge on any atom is -0.478 e. The predicted octanol–water partition coefficient (Wildman–Crippen LogP) is 1.74. The van der Waals surface area contributed by atoms with Crippen molar-refractivity contribution >= 4 is 17.6 Å². The van der Waals surface area contributed by atoms with Crippen LogP contribution in [0, 0.1) is 6.92 Å². The molecule has 0 saturated carbocycles. The van der Waals surface area contributed by atoms with Gasteiger partial charge in [-0.05, 0) is 30.7 Å². The van der Waals surface area contributed by atoms with Gasteiger partial charge in [0.1, 0.15) is 5.69 Å². The zero-order chi connectivity index (χ0) is 13.8. The van der Waals surface area contributed by atoms with E-state index >= 15 is 0 Å². The zero-order valence-electron chi connectivity index (χ0n) is 10.1. The summed E-state index contributed by atoms with van der Waals surface area (Å²) in [7, 11) is 0. The molecule has 0 aliphatic carbocycles. The SMILES string of the molecule is Cc1ccncc1NC(=O)c1ncccc1C(=O)O. The lowest BCUT2D eigenvalue weighted by molar-refractivity contribution is 0.0691. The molecular formula is C13H11N3O3. The first kappa shape index (κ1) is 12.7. The number of rotatable bonds is 3. The van der Waals surface area contributed by atoms with Gasteiger partial charge in [0.05, 0.1) is 17.4 Å². The quantitative estimate of drug-likeness (QED) is 0.873. The Labute approximate surface area is 109 Å². The topological polar surface area (TPSA) is 92.2 Å². The molecule has 2 aromatic rings. The third-order valence-electron chi connectivity index (χ3n) is 2.54. The van der Waals surface area contributed by atoms with Crippen molar-refractivity contribution in [2.24, 2.45) is 0 Å². The molecule has 0 aliphatic rings. The number of carboxylic acids is 1. The monoisotopic (exact) mass is 257 g/mol. The molecule has 2 rings (SSSR count). The van der Waals surface area contributed by atoms with E-state index in [0.717, 1.165) is 5.56 Å². The van der Waals surface area contributed by atoms with Gasteiger partial charge >= 0.3 is 5.97 Å². The maximum atomic E-state index is 12.0. The molecule has 0 radical (unpaired) electrons. The van der Waals surface area contributed by atoms with Crippen molar-refractivity contribution in [2.45, 2.75) is 6.92 Å². The molecule has 0 bridgehead atoms. The van der Waals surface area contributed by atoms with Gasteiger partial charge in [-0.15, -0.1) is 0 Å². The Hall–Kier alpha value is -2.76. The number of carbonyl (C=O) groups excluding carboxylic acids is 1. The lowest BCUT2D eigenvalue weighted by Gasteiger charge is -2.08. The summed E-state index contributed by atoms with van der Waals surface area (Å²) in [5.74, 6) is -1.77. The number of aromatic nitrogens is 2. The Bertz CT molecular complexity index is 641. The minimum absolute atomic E-state index is 0.127. The van der Waals surface area contributed by atoms with Crippen molar-refractivity contribution in [3.05, 3.63) is 53.6 Å². The molecule has 0 aromatic carbocycles. The van der Waals surface area contributed by atoms with E-state index in [0.29, 0.717) is 5.69 Å². The van der Waals surface area contributed by atoms with Crippen LogP contribution in [0.4, 0.5) is 5.69 Å². The van der Waals surface area contributed by atoms with E-state index in [1.165, 1.54) is 24.5 Å². The third kappa shape index (κ3) is 2.74. The summed E-state index contributed by atoms with van der Waals surface area (Å²) < 4.78 is 0. The maximum absolute atomic E-state index is 12.0. The minimum atomic E-state index is -1.19. The van der Waals surface area contributed by atoms with Crippen molar-refractivity contribution in [3.63, 3.8) is 0 Å². The largest absolute Gasteiger partial charge is 0.478 e. The summed E-state index contributed by atoms with van der Waals surface area (Å²) in [6.07, 6.45) is 4.47. The molecular weight excluding hydrogens is 246 g/mol. The van der Waals surface area contributed by atoms with Crippen LogP contribution < -0.4 is 5.32 Å². The normalized spacial score (nSPS) is 9.95. The van der Waals surface area contributed by atoms with Gasteiger partial charge < -0.3 is 10.4 Å². The summed E-state index contributed by atoms with van der Waals surface area (Å²) in [6, 6.07) is 4.54. The van der Waals surface area contributed by atoms with Gasteiger partial charge in [-0.1, -0.05) is 0 Å². The van der Waals surface area contributed by atoms with Crippen LogP contribution in [0.2, 0.25) is 0 Å². The van der Waals surface area contributed by atoms with E-state index in [1.54, 1.807) is 12.3 Å². The molecule has 19 heavy (non-hydrogen) atoms. The van der Waals surface area contributed by atoms with Crippen LogP contribution in [0.1, 0.15) is 26.4 Å². The van der Waals surface area contributed by atoms with Crippen molar-refractivity contribution in [1.29, 1.82) is 0 Å². The van der Waals surface area contributed by atoms with Crippen LogP contribution in [-0.2, 0) is 0 Å². The van der Waals surface area contributed by atoms with Gasteiger partial charge in [0.15, 0.2) is 0 Å².